The zero-order chi connectivity index (χ0) is 16.2. The molecule has 3 unspecified atom stereocenters. The lowest BCUT2D eigenvalue weighted by Crippen LogP contribution is -2.47. The van der Waals surface area contributed by atoms with E-state index in [1.54, 1.807) is 6.08 Å². The summed E-state index contributed by atoms with van der Waals surface area (Å²) in [7, 11) is 0. The van der Waals surface area contributed by atoms with Crippen LogP contribution in [0.3, 0.4) is 0 Å². The number of nitrogens with two attached hydrogens (primary N) is 1. The van der Waals surface area contributed by atoms with Crippen molar-refractivity contribution < 1.29 is 9.59 Å². The first kappa shape index (κ1) is 17.7. The molecule has 0 aliphatic heterocycles. The summed E-state index contributed by atoms with van der Waals surface area (Å²) in [5.41, 5.74) is 5.26. The van der Waals surface area contributed by atoms with Crippen LogP contribution in [-0.2, 0) is 9.59 Å². The van der Waals surface area contributed by atoms with E-state index in [0.29, 0.717) is 24.7 Å². The summed E-state index contributed by atoms with van der Waals surface area (Å²) >= 11 is 0. The van der Waals surface area contributed by atoms with E-state index >= 15 is 0 Å². The summed E-state index contributed by atoms with van der Waals surface area (Å²) in [6.07, 6.45) is 4.98. The van der Waals surface area contributed by atoms with Gasteiger partial charge in [0.05, 0.1) is 0 Å². The number of carbonyl (C=O) groups excluding carboxylic acids is 2. The van der Waals surface area contributed by atoms with Gasteiger partial charge in [0.25, 0.3) is 0 Å². The van der Waals surface area contributed by atoms with E-state index in [1.165, 1.54) is 0 Å². The number of hydrogen-bond acceptors (Lipinski definition) is 2. The monoisotopic (exact) mass is 294 g/mol. The summed E-state index contributed by atoms with van der Waals surface area (Å²) in [4.78, 5) is 24.4. The normalized spacial score (nSPS) is 24.0. The molecule has 0 aromatic carbocycles. The van der Waals surface area contributed by atoms with Crippen LogP contribution in [-0.4, -0.2) is 17.4 Å². The topological polar surface area (TPSA) is 72.2 Å². The third-order valence-corrected chi connectivity index (χ3v) is 4.20. The number of primary amides is 1. The lowest BCUT2D eigenvalue weighted by atomic mass is 9.82. The third kappa shape index (κ3) is 5.90. The fourth-order valence-electron chi connectivity index (χ4n) is 2.81. The zero-order valence-corrected chi connectivity index (χ0v) is 13.8. The van der Waals surface area contributed by atoms with E-state index in [0.717, 1.165) is 12.8 Å². The minimum atomic E-state index is -0.404. The van der Waals surface area contributed by atoms with Crippen molar-refractivity contribution in [3.63, 3.8) is 0 Å². The van der Waals surface area contributed by atoms with Crippen molar-refractivity contribution in [3.05, 3.63) is 12.7 Å². The van der Waals surface area contributed by atoms with Crippen LogP contribution >= 0.6 is 0 Å². The SMILES string of the molecule is C=CCC[C@H](C(N)=O)C(CC1CC1C)C(=O)NC(C)(C)C. The highest BCUT2D eigenvalue weighted by Crippen LogP contribution is 2.44. The van der Waals surface area contributed by atoms with Crippen molar-refractivity contribution in [1.29, 1.82) is 0 Å². The fourth-order valence-corrected chi connectivity index (χ4v) is 2.81. The van der Waals surface area contributed by atoms with Crippen LogP contribution in [0.5, 0.6) is 0 Å². The minimum Gasteiger partial charge on any atom is -0.369 e. The molecule has 3 N–H and O–H groups in total. The average molecular weight is 294 g/mol. The largest absolute Gasteiger partial charge is 0.369 e. The molecule has 0 spiro atoms. The molecule has 0 heterocycles. The number of allylic oxidation sites excluding steroid dienone is 1. The molecule has 4 nitrogen and oxygen atoms in total. The Labute approximate surface area is 128 Å². The van der Waals surface area contributed by atoms with Crippen molar-refractivity contribution >= 4 is 11.8 Å². The van der Waals surface area contributed by atoms with Crippen molar-refractivity contribution in [2.45, 2.75) is 58.9 Å². The highest BCUT2D eigenvalue weighted by atomic mass is 16.2. The van der Waals surface area contributed by atoms with Crippen LogP contribution in [0.25, 0.3) is 0 Å². The highest BCUT2D eigenvalue weighted by Gasteiger charge is 2.41. The lowest BCUT2D eigenvalue weighted by molar-refractivity contribution is -0.135. The maximum atomic E-state index is 12.6. The highest BCUT2D eigenvalue weighted by molar-refractivity contribution is 5.87. The van der Waals surface area contributed by atoms with Gasteiger partial charge >= 0.3 is 0 Å². The molecule has 0 aromatic heterocycles. The summed E-state index contributed by atoms with van der Waals surface area (Å²) in [6.45, 7) is 11.7. The van der Waals surface area contributed by atoms with Gasteiger partial charge in [-0.15, -0.1) is 6.58 Å². The Morgan fingerprint density at radius 3 is 2.33 bits per heavy atom. The first-order valence-corrected chi connectivity index (χ1v) is 7.88. The molecule has 4 atom stereocenters. The van der Waals surface area contributed by atoms with Crippen LogP contribution in [0.1, 0.15) is 53.4 Å². The van der Waals surface area contributed by atoms with E-state index < -0.39 is 5.92 Å². The predicted molar refractivity (Wildman–Crippen MR) is 85.4 cm³/mol. The van der Waals surface area contributed by atoms with Gasteiger partial charge in [-0.3, -0.25) is 9.59 Å². The van der Waals surface area contributed by atoms with Crippen molar-refractivity contribution in [2.75, 3.05) is 0 Å². The molecule has 1 aliphatic rings. The Hall–Kier alpha value is -1.32. The number of nitrogens with one attached hydrogen (secondary N) is 1. The van der Waals surface area contributed by atoms with E-state index in [2.05, 4.69) is 18.8 Å². The molecule has 1 saturated carbocycles. The van der Waals surface area contributed by atoms with Crippen molar-refractivity contribution in [1.82, 2.24) is 5.32 Å². The van der Waals surface area contributed by atoms with Crippen LogP contribution in [0, 0.1) is 23.7 Å². The molecule has 1 aliphatic carbocycles. The molecule has 0 aromatic rings. The third-order valence-electron chi connectivity index (χ3n) is 4.20. The molecular formula is C17H30N2O2. The van der Waals surface area contributed by atoms with E-state index in [9.17, 15) is 9.59 Å². The number of carbonyl (C=O) groups is 2. The van der Waals surface area contributed by atoms with Crippen molar-refractivity contribution in [2.24, 2.45) is 29.4 Å². The maximum Gasteiger partial charge on any atom is 0.224 e. The molecule has 1 rings (SSSR count). The number of rotatable bonds is 8. The fraction of sp³-hybridized carbons (Fsp3) is 0.765. The first-order valence-electron chi connectivity index (χ1n) is 7.88. The van der Waals surface area contributed by atoms with Crippen LogP contribution in [0.2, 0.25) is 0 Å². The van der Waals surface area contributed by atoms with Gasteiger partial charge in [-0.05, 0) is 58.3 Å². The Morgan fingerprint density at radius 2 is 1.95 bits per heavy atom. The predicted octanol–water partition coefficient (Wildman–Crippen LogP) is 2.63. The van der Waals surface area contributed by atoms with Gasteiger partial charge in [0.15, 0.2) is 0 Å². The van der Waals surface area contributed by atoms with Gasteiger partial charge < -0.3 is 11.1 Å². The molecule has 21 heavy (non-hydrogen) atoms. The summed E-state index contributed by atoms with van der Waals surface area (Å²) in [5, 5.41) is 3.01. The van der Waals surface area contributed by atoms with Gasteiger partial charge in [-0.2, -0.15) is 0 Å². The standard InChI is InChI=1S/C17H30N2O2/c1-6-7-8-13(15(18)20)14(10-12-9-11(12)2)16(21)19-17(3,4)5/h6,11-14H,1,7-10H2,2-5H3,(H2,18,20)(H,19,21)/t11?,12?,13-,14?/m0/s1. The average Bonchev–Trinajstić information content (AvgIpc) is 3.01. The van der Waals surface area contributed by atoms with E-state index in [-0.39, 0.29) is 23.3 Å². The summed E-state index contributed by atoms with van der Waals surface area (Å²) < 4.78 is 0. The Kier molecular flexibility index (Phi) is 5.99. The smallest absolute Gasteiger partial charge is 0.224 e. The maximum absolute atomic E-state index is 12.6. The Balaban J connectivity index is 2.84. The molecule has 1 fully saturated rings. The van der Waals surface area contributed by atoms with Gasteiger partial charge in [0.1, 0.15) is 0 Å². The second kappa shape index (κ2) is 7.10. The van der Waals surface area contributed by atoms with Crippen molar-refractivity contribution in [3.8, 4) is 0 Å². The summed E-state index contributed by atoms with van der Waals surface area (Å²) in [5.74, 6) is 0.0533. The Bertz CT molecular complexity index is 398. The van der Waals surface area contributed by atoms with E-state index in [1.807, 2.05) is 20.8 Å². The molecule has 2 amide bonds. The number of amides is 2. The zero-order valence-electron chi connectivity index (χ0n) is 13.8. The molecule has 0 bridgehead atoms. The van der Waals surface area contributed by atoms with Crippen LogP contribution < -0.4 is 11.1 Å². The molecule has 120 valence electrons. The van der Waals surface area contributed by atoms with E-state index in [4.69, 9.17) is 5.73 Å². The molecular weight excluding hydrogens is 264 g/mol. The van der Waals surface area contributed by atoms with Crippen LogP contribution in [0.15, 0.2) is 12.7 Å². The Morgan fingerprint density at radius 1 is 1.38 bits per heavy atom. The van der Waals surface area contributed by atoms with Gasteiger partial charge in [0, 0.05) is 17.4 Å². The molecule has 0 saturated heterocycles. The minimum absolute atomic E-state index is 0.0468. The quantitative estimate of drug-likeness (QED) is 0.675. The molecule has 0 radical (unpaired) electrons. The lowest BCUT2D eigenvalue weighted by Gasteiger charge is -2.28. The van der Waals surface area contributed by atoms with Gasteiger partial charge in [0.2, 0.25) is 11.8 Å². The molecule has 4 heteroatoms. The van der Waals surface area contributed by atoms with Crippen LogP contribution in [0.4, 0.5) is 0 Å². The van der Waals surface area contributed by atoms with Gasteiger partial charge in [-0.1, -0.05) is 13.0 Å². The second-order valence-corrected chi connectivity index (χ2v) is 7.43. The van der Waals surface area contributed by atoms with Gasteiger partial charge in [-0.25, -0.2) is 0 Å². The first-order chi connectivity index (χ1) is 9.65. The second-order valence-electron chi connectivity index (χ2n) is 7.43. The summed E-state index contributed by atoms with van der Waals surface area (Å²) in [6, 6.07) is 0. The number of hydrogen-bond donors (Lipinski definition) is 2.